The maximum absolute atomic E-state index is 11.8. The number of carboxylic acids is 1. The van der Waals surface area contributed by atoms with Gasteiger partial charge in [0.15, 0.2) is 6.29 Å². The number of epoxide rings is 1. The van der Waals surface area contributed by atoms with Crippen molar-refractivity contribution in [2.24, 2.45) is 59.2 Å². The van der Waals surface area contributed by atoms with Crippen molar-refractivity contribution in [1.29, 1.82) is 0 Å². The molecule has 2 bridgehead atoms. The molecule has 1 aromatic rings. The molecule has 0 aromatic heterocycles. The molecule has 0 spiro atoms. The topological polar surface area (TPSA) is 184 Å². The van der Waals surface area contributed by atoms with Crippen LogP contribution in [-0.4, -0.2) is 85.0 Å². The molecule has 13 heteroatoms. The third kappa shape index (κ3) is 19.6. The predicted octanol–water partition coefficient (Wildman–Crippen LogP) is 8.92. The number of aliphatic hydroxyl groups is 1. The van der Waals surface area contributed by atoms with Gasteiger partial charge in [-0.05, 0) is 107 Å². The summed E-state index contributed by atoms with van der Waals surface area (Å²) in [4.78, 5) is 55.0. The van der Waals surface area contributed by atoms with Crippen molar-refractivity contribution in [3.63, 3.8) is 0 Å². The summed E-state index contributed by atoms with van der Waals surface area (Å²) in [5.41, 5.74) is 0. The van der Waals surface area contributed by atoms with Crippen molar-refractivity contribution >= 4 is 29.8 Å². The highest BCUT2D eigenvalue weighted by molar-refractivity contribution is 5.74. The Hall–Kier alpha value is -3.55. The normalized spacial score (nSPS) is 25.0. The van der Waals surface area contributed by atoms with Crippen molar-refractivity contribution < 1.29 is 62.6 Å². The van der Waals surface area contributed by atoms with Gasteiger partial charge in [0.1, 0.15) is 12.4 Å². The number of rotatable bonds is 18. The van der Waals surface area contributed by atoms with Crippen LogP contribution in [0.4, 0.5) is 0 Å². The van der Waals surface area contributed by atoms with Gasteiger partial charge in [0.05, 0.1) is 55.0 Å². The fourth-order valence-electron chi connectivity index (χ4n) is 7.35. The van der Waals surface area contributed by atoms with E-state index in [9.17, 15) is 24.0 Å². The molecule has 0 amide bonds. The first-order valence-electron chi connectivity index (χ1n) is 22.8. The standard InChI is InChI=1S/C16H24O3.C11H14O2.C9H18O3.C7H14O3.C5H10O2/c1-3-8(2)16(17)18-7-10-4-9-5-11(10)14-12(9)6-13-15(14)19-13;1-3-9(2)11(12)13-10-7-5-4-6-8-10;1-5-7(3)9(10)12-8(4)11-6-2;1-3-6(2)7(9)10-5-4-8;1-3-4(2)5(6)7/h8-15H,3-7H2,1-2H3;4-9H,3H2,1-2H3;7-8H,5-6H2,1-4H3;6,8H,3-5H2,1-2H3;4H,3H2,1-2H3,(H,6,7). The molecule has 3 aliphatic carbocycles. The quantitative estimate of drug-likeness (QED) is 0.0469. The van der Waals surface area contributed by atoms with Crippen LogP contribution in [0.25, 0.3) is 0 Å². The Balaban J connectivity index is 0.000000399. The maximum atomic E-state index is 11.8. The second-order valence-corrected chi connectivity index (χ2v) is 16.9. The summed E-state index contributed by atoms with van der Waals surface area (Å²) in [5.74, 6) is 3.13. The summed E-state index contributed by atoms with van der Waals surface area (Å²) < 4.78 is 31.1. The van der Waals surface area contributed by atoms with Crippen molar-refractivity contribution in [2.75, 3.05) is 26.4 Å². The van der Waals surface area contributed by atoms with Crippen LogP contribution in [0.5, 0.6) is 5.75 Å². The van der Waals surface area contributed by atoms with Crippen molar-refractivity contribution in [1.82, 2.24) is 0 Å². The van der Waals surface area contributed by atoms with E-state index < -0.39 is 12.3 Å². The lowest BCUT2D eigenvalue weighted by atomic mass is 9.75. The highest BCUT2D eigenvalue weighted by atomic mass is 16.7. The van der Waals surface area contributed by atoms with E-state index in [-0.39, 0.29) is 66.7 Å². The highest BCUT2D eigenvalue weighted by Gasteiger charge is 2.66. The number of ether oxygens (including phenoxy) is 6. The van der Waals surface area contributed by atoms with Gasteiger partial charge < -0.3 is 38.6 Å². The Morgan fingerprint density at radius 2 is 1.20 bits per heavy atom. The smallest absolute Gasteiger partial charge is 0.314 e. The van der Waals surface area contributed by atoms with Gasteiger partial charge in [-0.1, -0.05) is 87.4 Å². The molecule has 1 saturated heterocycles. The minimum absolute atomic E-state index is 0.00575. The first kappa shape index (κ1) is 55.5. The number of aliphatic hydroxyl groups excluding tert-OH is 1. The Morgan fingerprint density at radius 1 is 0.672 bits per heavy atom. The largest absolute Gasteiger partial charge is 0.481 e. The Bertz CT molecular complexity index is 1420. The first-order chi connectivity index (χ1) is 28.9. The lowest BCUT2D eigenvalue weighted by Gasteiger charge is -2.32. The van der Waals surface area contributed by atoms with Crippen LogP contribution in [0.2, 0.25) is 0 Å². The molecule has 1 aliphatic heterocycles. The number of carbonyl (C=O) groups is 5. The highest BCUT2D eigenvalue weighted by Crippen LogP contribution is 2.65. The van der Waals surface area contributed by atoms with Gasteiger partial charge in [-0.3, -0.25) is 24.0 Å². The minimum Gasteiger partial charge on any atom is -0.481 e. The second kappa shape index (κ2) is 29.7. The summed E-state index contributed by atoms with van der Waals surface area (Å²) in [7, 11) is 0. The third-order valence-corrected chi connectivity index (χ3v) is 12.4. The molecule has 13 nitrogen and oxygen atoms in total. The van der Waals surface area contributed by atoms with Gasteiger partial charge in [0, 0.05) is 6.61 Å². The van der Waals surface area contributed by atoms with E-state index in [1.54, 1.807) is 32.9 Å². The van der Waals surface area contributed by atoms with E-state index in [2.05, 4.69) is 4.74 Å². The van der Waals surface area contributed by atoms with Crippen molar-refractivity contribution in [2.45, 2.75) is 153 Å². The van der Waals surface area contributed by atoms with Gasteiger partial charge >= 0.3 is 29.8 Å². The molecule has 61 heavy (non-hydrogen) atoms. The molecule has 1 aromatic carbocycles. The zero-order valence-corrected chi connectivity index (χ0v) is 39.3. The molecule has 13 unspecified atom stereocenters. The van der Waals surface area contributed by atoms with E-state index >= 15 is 0 Å². The van der Waals surface area contributed by atoms with E-state index in [1.807, 2.05) is 80.5 Å². The molecule has 4 fully saturated rings. The van der Waals surface area contributed by atoms with E-state index in [4.69, 9.17) is 33.9 Å². The first-order valence-corrected chi connectivity index (χ1v) is 22.8. The summed E-state index contributed by atoms with van der Waals surface area (Å²) in [6.07, 6.45) is 8.72. The van der Waals surface area contributed by atoms with E-state index in [1.165, 1.54) is 19.3 Å². The molecule has 350 valence electrons. The zero-order chi connectivity index (χ0) is 46.2. The number of carbonyl (C=O) groups excluding carboxylic acids is 4. The van der Waals surface area contributed by atoms with Crippen LogP contribution in [0.3, 0.4) is 0 Å². The summed E-state index contributed by atoms with van der Waals surface area (Å²) in [6, 6.07) is 9.14. The third-order valence-electron chi connectivity index (χ3n) is 12.4. The average molecular weight is 865 g/mol. The fraction of sp³-hybridized carbons (Fsp3) is 0.771. The number of carboxylic acid groups (broad SMARTS) is 1. The number of aliphatic carboxylic acids is 1. The number of hydrogen-bond donors (Lipinski definition) is 2. The van der Waals surface area contributed by atoms with Crippen LogP contribution in [0.15, 0.2) is 30.3 Å². The zero-order valence-electron chi connectivity index (χ0n) is 39.3. The summed E-state index contributed by atoms with van der Waals surface area (Å²) >= 11 is 0. The molecule has 3 saturated carbocycles. The van der Waals surface area contributed by atoms with Crippen LogP contribution in [0, 0.1) is 59.2 Å². The van der Waals surface area contributed by atoms with E-state index in [0.29, 0.717) is 37.1 Å². The monoisotopic (exact) mass is 865 g/mol. The van der Waals surface area contributed by atoms with Crippen molar-refractivity contribution in [3.05, 3.63) is 30.3 Å². The number of para-hydroxylation sites is 1. The fourth-order valence-corrected chi connectivity index (χ4v) is 7.35. The van der Waals surface area contributed by atoms with E-state index in [0.717, 1.165) is 55.8 Å². The number of benzene rings is 1. The number of fused-ring (bicyclic) bond motifs is 7. The van der Waals surface area contributed by atoms with Crippen LogP contribution < -0.4 is 4.74 Å². The van der Waals surface area contributed by atoms with Crippen molar-refractivity contribution in [3.8, 4) is 5.75 Å². The lowest BCUT2D eigenvalue weighted by Crippen LogP contribution is -2.32. The Morgan fingerprint density at radius 3 is 1.69 bits per heavy atom. The number of hydrogen-bond acceptors (Lipinski definition) is 12. The van der Waals surface area contributed by atoms with Gasteiger partial charge in [-0.2, -0.15) is 0 Å². The van der Waals surface area contributed by atoms with Crippen LogP contribution in [0.1, 0.15) is 134 Å². The van der Waals surface area contributed by atoms with Crippen LogP contribution in [-0.2, 0) is 47.7 Å². The van der Waals surface area contributed by atoms with Gasteiger partial charge in [-0.15, -0.1) is 0 Å². The summed E-state index contributed by atoms with van der Waals surface area (Å²) in [6.45, 7) is 23.8. The van der Waals surface area contributed by atoms with Crippen LogP contribution >= 0.6 is 0 Å². The number of esters is 4. The second-order valence-electron chi connectivity index (χ2n) is 16.9. The molecule has 2 N–H and O–H groups in total. The molecule has 1 heterocycles. The maximum Gasteiger partial charge on any atom is 0.314 e. The SMILES string of the molecule is CCC(C)C(=O)O.CCC(C)C(=O)OCC1CC2CC1C1C2CC2OC21.CCC(C)C(=O)OCCO.CCC(C)C(=O)Oc1ccccc1.CCOC(C)OC(=O)C(C)CC. The Kier molecular flexibility index (Phi) is 27.0. The molecule has 13 atom stereocenters. The van der Waals surface area contributed by atoms with Gasteiger partial charge in [0.2, 0.25) is 0 Å². The molecule has 4 aliphatic rings. The predicted molar refractivity (Wildman–Crippen MR) is 233 cm³/mol. The minimum atomic E-state index is -0.706. The molecule has 5 rings (SSSR count). The van der Waals surface area contributed by atoms with Gasteiger partial charge in [-0.25, -0.2) is 0 Å². The summed E-state index contributed by atoms with van der Waals surface area (Å²) in [5, 5.41) is 16.5. The lowest BCUT2D eigenvalue weighted by molar-refractivity contribution is -0.178. The average Bonchev–Trinajstić information content (AvgIpc) is 3.54. The molecule has 0 radical (unpaired) electrons. The molecular formula is C48H80O13. The molecular weight excluding hydrogens is 785 g/mol. The van der Waals surface area contributed by atoms with Gasteiger partial charge in [0.25, 0.3) is 0 Å². The Labute approximate surface area is 366 Å².